The van der Waals surface area contributed by atoms with E-state index < -0.39 is 34.7 Å². The van der Waals surface area contributed by atoms with Crippen molar-refractivity contribution in [2.45, 2.75) is 64.1 Å². The van der Waals surface area contributed by atoms with Crippen molar-refractivity contribution in [1.82, 2.24) is 15.5 Å². The minimum absolute atomic E-state index is 0.0453. The van der Waals surface area contributed by atoms with Gasteiger partial charge < -0.3 is 32.7 Å². The van der Waals surface area contributed by atoms with E-state index in [0.717, 1.165) is 6.07 Å². The van der Waals surface area contributed by atoms with E-state index in [1.165, 1.54) is 17.0 Å². The highest BCUT2D eigenvalue weighted by Crippen LogP contribution is 2.24. The zero-order valence-corrected chi connectivity index (χ0v) is 20.7. The van der Waals surface area contributed by atoms with E-state index in [-0.39, 0.29) is 47.7 Å². The summed E-state index contributed by atoms with van der Waals surface area (Å²) in [7, 11) is 0. The molecule has 0 spiro atoms. The predicted octanol–water partition coefficient (Wildman–Crippen LogP) is 0.472. The summed E-state index contributed by atoms with van der Waals surface area (Å²) in [6.07, 6.45) is 2.27. The van der Waals surface area contributed by atoms with Crippen molar-refractivity contribution < 1.29 is 19.3 Å². The third-order valence-electron chi connectivity index (χ3n) is 6.51. The maximum atomic E-state index is 13.4. The smallest absolute Gasteiger partial charge is 0.270 e. The van der Waals surface area contributed by atoms with Gasteiger partial charge in [0.1, 0.15) is 6.04 Å². The number of guanidine groups is 1. The molecular weight excluding hydrogens is 468 g/mol. The Bertz CT molecular complexity index is 1000. The molecule has 1 aromatic carbocycles. The highest BCUT2D eigenvalue weighted by atomic mass is 16.6. The van der Waals surface area contributed by atoms with Gasteiger partial charge >= 0.3 is 0 Å². The Hall–Kier alpha value is -3.74. The van der Waals surface area contributed by atoms with E-state index in [2.05, 4.69) is 10.6 Å². The van der Waals surface area contributed by atoms with Gasteiger partial charge in [0.05, 0.1) is 17.0 Å². The average Bonchev–Trinajstić information content (AvgIpc) is 3.34. The Morgan fingerprint density at radius 2 is 2.03 bits per heavy atom. The first-order valence-electron chi connectivity index (χ1n) is 12.0. The Kier molecular flexibility index (Phi) is 10.1. The van der Waals surface area contributed by atoms with Gasteiger partial charge in [-0.1, -0.05) is 20.3 Å². The monoisotopic (exact) mass is 504 g/mol. The number of nitro benzene ring substituents is 1. The average molecular weight is 505 g/mol. The molecular formula is C23H36N8O5. The number of carbonyl (C=O) groups excluding carboxylic acids is 3. The normalized spacial score (nSPS) is 17.6. The number of nitrogen functional groups attached to an aromatic ring is 1. The summed E-state index contributed by atoms with van der Waals surface area (Å²) < 4.78 is 0. The number of rotatable bonds is 12. The largest absolute Gasteiger partial charge is 0.398 e. The number of nitrogens with one attached hydrogen (secondary N) is 3. The maximum absolute atomic E-state index is 13.4. The van der Waals surface area contributed by atoms with Crippen molar-refractivity contribution in [3.05, 3.63) is 33.9 Å². The number of amides is 2. The fourth-order valence-corrected chi connectivity index (χ4v) is 4.12. The number of nitro groups is 1. The van der Waals surface area contributed by atoms with Crippen LogP contribution in [-0.4, -0.2) is 64.6 Å². The predicted molar refractivity (Wildman–Crippen MR) is 135 cm³/mol. The van der Waals surface area contributed by atoms with Crippen LogP contribution in [0.25, 0.3) is 0 Å². The molecule has 1 aromatic rings. The third-order valence-corrected chi connectivity index (χ3v) is 6.51. The first-order valence-corrected chi connectivity index (χ1v) is 12.0. The van der Waals surface area contributed by atoms with Gasteiger partial charge in [0.2, 0.25) is 11.8 Å². The molecule has 198 valence electrons. The lowest BCUT2D eigenvalue weighted by atomic mass is 9.97. The van der Waals surface area contributed by atoms with Crippen LogP contribution in [0.15, 0.2) is 18.2 Å². The fraction of sp³-hybridized carbons (Fsp3) is 0.565. The van der Waals surface area contributed by atoms with E-state index in [1.807, 2.05) is 13.8 Å². The second-order valence-corrected chi connectivity index (χ2v) is 9.04. The minimum Gasteiger partial charge on any atom is -0.398 e. The van der Waals surface area contributed by atoms with Gasteiger partial charge in [-0.15, -0.1) is 0 Å². The molecule has 1 heterocycles. The van der Waals surface area contributed by atoms with Crippen LogP contribution in [0.1, 0.15) is 56.3 Å². The molecule has 4 atom stereocenters. The molecule has 0 aromatic heterocycles. The van der Waals surface area contributed by atoms with Crippen LogP contribution < -0.4 is 27.8 Å². The Labute approximate surface area is 209 Å². The molecule has 2 rings (SSSR count). The molecule has 2 amide bonds. The standard InChI is InChI=1S/C23H36N8O5/c1-3-13(2)19(25)22(34)30-11-5-7-18(30)21(33)29-17(6-4-10-28-23(26)27)20(32)15-12-14(31(35)36)8-9-16(15)24/h8-9,12-13,17-19H,3-7,10-11,24-25H2,1-2H3,(H,29,33)(H4,26,27,28)/t13?,17?,18?,19-/m1/s1. The Morgan fingerprint density at radius 3 is 2.64 bits per heavy atom. The summed E-state index contributed by atoms with van der Waals surface area (Å²) in [4.78, 5) is 51.6. The summed E-state index contributed by atoms with van der Waals surface area (Å²) in [5.41, 5.74) is 17.0. The van der Waals surface area contributed by atoms with Gasteiger partial charge in [0.15, 0.2) is 11.7 Å². The zero-order valence-electron chi connectivity index (χ0n) is 20.7. The Balaban J connectivity index is 2.25. The van der Waals surface area contributed by atoms with Crippen LogP contribution in [0.5, 0.6) is 0 Å². The minimum atomic E-state index is -1.06. The number of anilines is 1. The Morgan fingerprint density at radius 1 is 1.33 bits per heavy atom. The molecule has 3 unspecified atom stereocenters. The molecule has 0 saturated carbocycles. The van der Waals surface area contributed by atoms with Gasteiger partial charge in [-0.25, -0.2) is 0 Å². The summed E-state index contributed by atoms with van der Waals surface area (Å²) in [5.74, 6) is -1.68. The number of non-ortho nitro benzene ring substituents is 1. The highest BCUT2D eigenvalue weighted by Gasteiger charge is 2.38. The van der Waals surface area contributed by atoms with Crippen molar-refractivity contribution in [2.24, 2.45) is 17.4 Å². The van der Waals surface area contributed by atoms with Crippen LogP contribution in [-0.2, 0) is 9.59 Å². The van der Waals surface area contributed by atoms with Crippen LogP contribution in [0.4, 0.5) is 11.4 Å². The van der Waals surface area contributed by atoms with Crippen LogP contribution in [0, 0.1) is 21.4 Å². The number of carbonyl (C=O) groups is 3. The van der Waals surface area contributed by atoms with Gasteiger partial charge in [0, 0.05) is 36.5 Å². The molecule has 36 heavy (non-hydrogen) atoms. The van der Waals surface area contributed by atoms with E-state index in [1.54, 1.807) is 0 Å². The number of hydrogen-bond donors (Lipinski definition) is 6. The van der Waals surface area contributed by atoms with Crippen molar-refractivity contribution >= 4 is 34.9 Å². The number of likely N-dealkylation sites (tertiary alicyclic amines) is 1. The molecule has 0 bridgehead atoms. The SMILES string of the molecule is CCC(C)[C@@H](N)C(=O)N1CCCC1C(=O)NC(CCCNC(=N)N)C(=O)c1cc([N+](=O)[O-])ccc1N. The number of hydrogen-bond acceptors (Lipinski definition) is 8. The fourth-order valence-electron chi connectivity index (χ4n) is 4.12. The van der Waals surface area contributed by atoms with Crippen LogP contribution in [0.3, 0.4) is 0 Å². The lowest BCUT2D eigenvalue weighted by Crippen LogP contribution is -2.55. The van der Waals surface area contributed by atoms with Crippen molar-refractivity contribution in [1.29, 1.82) is 5.41 Å². The molecule has 1 aliphatic heterocycles. The highest BCUT2D eigenvalue weighted by molar-refractivity contribution is 6.06. The first kappa shape index (κ1) is 28.5. The molecule has 13 nitrogen and oxygen atoms in total. The van der Waals surface area contributed by atoms with Gasteiger partial charge in [-0.3, -0.25) is 29.9 Å². The van der Waals surface area contributed by atoms with E-state index in [9.17, 15) is 24.5 Å². The van der Waals surface area contributed by atoms with Gasteiger partial charge in [-0.05, 0) is 37.7 Å². The van der Waals surface area contributed by atoms with Crippen molar-refractivity contribution in [3.8, 4) is 0 Å². The first-order chi connectivity index (χ1) is 17.0. The topological polar surface area (TPSA) is 224 Å². The van der Waals surface area contributed by atoms with Crippen LogP contribution >= 0.6 is 0 Å². The van der Waals surface area contributed by atoms with E-state index in [0.29, 0.717) is 32.2 Å². The number of Topliss-reactive ketones (excluding diaryl/α,β-unsaturated/α-hetero) is 1. The summed E-state index contributed by atoms with van der Waals surface area (Å²) in [5, 5.41) is 23.8. The molecule has 1 aliphatic rings. The lowest BCUT2D eigenvalue weighted by molar-refractivity contribution is -0.384. The van der Waals surface area contributed by atoms with Crippen molar-refractivity contribution in [3.63, 3.8) is 0 Å². The number of ketones is 1. The number of nitrogens with two attached hydrogens (primary N) is 3. The summed E-state index contributed by atoms with van der Waals surface area (Å²) in [6.45, 7) is 4.47. The van der Waals surface area contributed by atoms with Crippen LogP contribution in [0.2, 0.25) is 0 Å². The van der Waals surface area contributed by atoms with Crippen molar-refractivity contribution in [2.75, 3.05) is 18.8 Å². The molecule has 1 fully saturated rings. The molecule has 0 radical (unpaired) electrons. The second-order valence-electron chi connectivity index (χ2n) is 9.04. The molecule has 0 aliphatic carbocycles. The van der Waals surface area contributed by atoms with Gasteiger partial charge in [0.25, 0.3) is 5.69 Å². The summed E-state index contributed by atoms with van der Waals surface area (Å²) >= 11 is 0. The quantitative estimate of drug-likeness (QED) is 0.0442. The van der Waals surface area contributed by atoms with E-state index in [4.69, 9.17) is 22.6 Å². The molecule has 9 N–H and O–H groups in total. The van der Waals surface area contributed by atoms with E-state index >= 15 is 0 Å². The maximum Gasteiger partial charge on any atom is 0.270 e. The summed E-state index contributed by atoms with van der Waals surface area (Å²) in [6, 6.07) is 0.982. The lowest BCUT2D eigenvalue weighted by Gasteiger charge is -2.30. The number of nitrogens with zero attached hydrogens (tertiary/aromatic N) is 2. The zero-order chi connectivity index (χ0) is 27.0. The molecule has 13 heteroatoms. The second kappa shape index (κ2) is 12.8. The molecule has 1 saturated heterocycles. The van der Waals surface area contributed by atoms with Gasteiger partial charge in [-0.2, -0.15) is 0 Å². The number of benzene rings is 1. The third kappa shape index (κ3) is 7.13.